The molecule has 22 heavy (non-hydrogen) atoms. The Labute approximate surface area is 132 Å². The minimum absolute atomic E-state index is 1.14. The second-order valence-electron chi connectivity index (χ2n) is 6.20. The summed E-state index contributed by atoms with van der Waals surface area (Å²) in [6, 6.07) is 0. The van der Waals surface area contributed by atoms with Gasteiger partial charge in [0, 0.05) is 52.4 Å². The van der Waals surface area contributed by atoms with Crippen LogP contribution in [0.2, 0.25) is 0 Å². The monoisotopic (exact) mass is 363 g/mol. The Morgan fingerprint density at radius 2 is 0.955 bits per heavy atom. The van der Waals surface area contributed by atoms with E-state index in [1.54, 1.807) is 0 Å². The quantitative estimate of drug-likeness (QED) is 0.551. The smallest absolute Gasteiger partial charge is 0.221 e. The molecule has 0 aliphatic carbocycles. The molecule has 12 heteroatoms. The van der Waals surface area contributed by atoms with Crippen molar-refractivity contribution in [3.05, 3.63) is 0 Å². The number of hydrogen-bond donors (Lipinski definition) is 2. The molecule has 0 bridgehead atoms. The average molecular weight is 363 g/mol. The van der Waals surface area contributed by atoms with Gasteiger partial charge in [0.15, 0.2) is 0 Å². The molecule has 5 heterocycles. The molecule has 0 saturated carbocycles. The van der Waals surface area contributed by atoms with Gasteiger partial charge in [-0.2, -0.15) is 13.5 Å². The van der Waals surface area contributed by atoms with Crippen molar-refractivity contribution in [2.24, 2.45) is 13.5 Å². The van der Waals surface area contributed by atoms with Crippen LogP contribution in [0.1, 0.15) is 0 Å². The molecular formula is C10H24N9P3. The van der Waals surface area contributed by atoms with Gasteiger partial charge in [-0.3, -0.25) is 10.2 Å². The topological polar surface area (TPSA) is 73.2 Å². The molecule has 5 aliphatic rings. The van der Waals surface area contributed by atoms with E-state index in [9.17, 15) is 0 Å². The molecule has 0 atom stereocenters. The summed E-state index contributed by atoms with van der Waals surface area (Å²) in [4.78, 5) is 0. The van der Waals surface area contributed by atoms with Crippen molar-refractivity contribution in [1.82, 2.24) is 28.9 Å². The van der Waals surface area contributed by atoms with Gasteiger partial charge in [-0.05, 0) is 14.1 Å². The largest absolute Gasteiger partial charge is 0.257 e. The molecule has 4 saturated heterocycles. The fourth-order valence-corrected chi connectivity index (χ4v) is 16.9. The lowest BCUT2D eigenvalue weighted by Crippen LogP contribution is -2.19. The summed E-state index contributed by atoms with van der Waals surface area (Å²) in [5, 5.41) is 6.93. The SMILES string of the molecule is CNP1(NC)=NP(N2CC2)(N2CC2)=NP(N2CC2)(N2CC2)=N1. The van der Waals surface area contributed by atoms with Gasteiger partial charge in [0.2, 0.25) is 22.5 Å². The zero-order valence-corrected chi connectivity index (χ0v) is 15.8. The summed E-state index contributed by atoms with van der Waals surface area (Å²) in [6.45, 7) is 9.15. The van der Waals surface area contributed by atoms with Gasteiger partial charge in [0.05, 0.1) is 0 Å². The Morgan fingerprint density at radius 1 is 0.591 bits per heavy atom. The zero-order valence-electron chi connectivity index (χ0n) is 13.1. The highest BCUT2D eigenvalue weighted by atomic mass is 31.3. The van der Waals surface area contributed by atoms with Gasteiger partial charge in [-0.15, -0.1) is 0 Å². The van der Waals surface area contributed by atoms with E-state index in [2.05, 4.69) is 28.9 Å². The molecule has 2 N–H and O–H groups in total. The van der Waals surface area contributed by atoms with Crippen LogP contribution >= 0.6 is 22.5 Å². The van der Waals surface area contributed by atoms with Crippen molar-refractivity contribution in [2.75, 3.05) is 66.5 Å². The van der Waals surface area contributed by atoms with Crippen molar-refractivity contribution < 1.29 is 0 Å². The van der Waals surface area contributed by atoms with Gasteiger partial charge in [0.25, 0.3) is 0 Å². The fraction of sp³-hybridized carbons (Fsp3) is 1.00. The first kappa shape index (κ1) is 14.8. The molecule has 0 aromatic heterocycles. The molecular weight excluding hydrogens is 339 g/mol. The van der Waals surface area contributed by atoms with E-state index in [0.29, 0.717) is 0 Å². The molecule has 4 fully saturated rings. The average Bonchev–Trinajstić information content (AvgIpc) is 3.46. The van der Waals surface area contributed by atoms with Crippen LogP contribution < -0.4 is 10.2 Å². The van der Waals surface area contributed by atoms with E-state index in [1.807, 2.05) is 14.1 Å². The third kappa shape index (κ3) is 2.12. The molecule has 0 radical (unpaired) electrons. The lowest BCUT2D eigenvalue weighted by atomic mass is 11.0. The van der Waals surface area contributed by atoms with Crippen molar-refractivity contribution in [1.29, 1.82) is 0 Å². The Morgan fingerprint density at radius 3 is 1.27 bits per heavy atom. The van der Waals surface area contributed by atoms with E-state index in [1.165, 1.54) is 0 Å². The maximum Gasteiger partial charge on any atom is 0.221 e. The third-order valence-electron chi connectivity index (χ3n) is 4.57. The van der Waals surface area contributed by atoms with E-state index >= 15 is 0 Å². The summed E-state index contributed by atoms with van der Waals surface area (Å²) >= 11 is 0. The minimum Gasteiger partial charge on any atom is -0.257 e. The normalized spacial score (nSPS) is 35.2. The Balaban J connectivity index is 1.79. The van der Waals surface area contributed by atoms with Crippen LogP contribution in [0.5, 0.6) is 0 Å². The molecule has 124 valence electrons. The fourth-order valence-electron chi connectivity index (χ4n) is 2.92. The molecule has 5 rings (SSSR count). The molecule has 0 unspecified atom stereocenters. The lowest BCUT2D eigenvalue weighted by molar-refractivity contribution is 0.752. The lowest BCUT2D eigenvalue weighted by Gasteiger charge is -2.37. The number of rotatable bonds is 6. The van der Waals surface area contributed by atoms with Crippen LogP contribution in [-0.4, -0.2) is 85.1 Å². The number of nitrogens with zero attached hydrogens (tertiary/aromatic N) is 7. The molecule has 0 amide bonds. The summed E-state index contributed by atoms with van der Waals surface area (Å²) < 4.78 is 26.2. The van der Waals surface area contributed by atoms with E-state index in [-0.39, 0.29) is 0 Å². The molecule has 5 aliphatic heterocycles. The first-order chi connectivity index (χ1) is 10.7. The maximum atomic E-state index is 5.52. The van der Waals surface area contributed by atoms with Crippen molar-refractivity contribution >= 4 is 22.5 Å². The van der Waals surface area contributed by atoms with Gasteiger partial charge < -0.3 is 0 Å². The second kappa shape index (κ2) is 4.75. The van der Waals surface area contributed by atoms with Crippen LogP contribution in [-0.2, 0) is 0 Å². The summed E-state index contributed by atoms with van der Waals surface area (Å²) in [6.07, 6.45) is 0. The van der Waals surface area contributed by atoms with Crippen molar-refractivity contribution in [3.63, 3.8) is 0 Å². The van der Waals surface area contributed by atoms with E-state index in [4.69, 9.17) is 13.5 Å². The highest BCUT2D eigenvalue weighted by molar-refractivity contribution is 7.83. The van der Waals surface area contributed by atoms with Gasteiger partial charge in [-0.1, -0.05) is 0 Å². The van der Waals surface area contributed by atoms with Crippen LogP contribution in [0, 0.1) is 0 Å². The standard InChI is InChI=1S/C10H24N9P3/c1-11-20(12-2)13-21(16-3-4-16,17-5-6-17)15-22(14-20,18-7-8-18)19-9-10-19/h11-12H,3-10H2,1-2H3. The molecule has 9 nitrogen and oxygen atoms in total. The first-order valence-corrected chi connectivity index (χ1v) is 12.9. The number of hydrogen-bond acceptors (Lipinski definition) is 9. The van der Waals surface area contributed by atoms with Crippen LogP contribution in [0.3, 0.4) is 0 Å². The van der Waals surface area contributed by atoms with Gasteiger partial charge >= 0.3 is 0 Å². The van der Waals surface area contributed by atoms with E-state index < -0.39 is 22.5 Å². The predicted octanol–water partition coefficient (Wildman–Crippen LogP) is 1.54. The van der Waals surface area contributed by atoms with Crippen LogP contribution in [0.15, 0.2) is 13.5 Å². The highest BCUT2D eigenvalue weighted by Crippen LogP contribution is 2.83. The first-order valence-electron chi connectivity index (χ1n) is 7.98. The van der Waals surface area contributed by atoms with Gasteiger partial charge in [0.1, 0.15) is 0 Å². The van der Waals surface area contributed by atoms with Gasteiger partial charge in [-0.25, -0.2) is 18.7 Å². The van der Waals surface area contributed by atoms with Crippen molar-refractivity contribution in [2.45, 2.75) is 0 Å². The predicted molar refractivity (Wildman–Crippen MR) is 92.5 cm³/mol. The van der Waals surface area contributed by atoms with E-state index in [0.717, 1.165) is 52.4 Å². The Bertz CT molecular complexity index is 604. The molecule has 0 spiro atoms. The number of nitrogens with one attached hydrogen (secondary N) is 2. The summed E-state index contributed by atoms with van der Waals surface area (Å²) in [5.74, 6) is 0. The molecule has 0 aromatic carbocycles. The Kier molecular flexibility index (Phi) is 3.19. The summed E-state index contributed by atoms with van der Waals surface area (Å²) in [7, 11) is -1.87. The molecule has 0 aromatic rings. The maximum absolute atomic E-state index is 5.52. The Hall–Kier alpha value is 0.450. The van der Waals surface area contributed by atoms with Crippen LogP contribution in [0.4, 0.5) is 0 Å². The highest BCUT2D eigenvalue weighted by Gasteiger charge is 2.56. The summed E-state index contributed by atoms with van der Waals surface area (Å²) in [5.41, 5.74) is 0. The minimum atomic E-state index is -2.06. The zero-order chi connectivity index (χ0) is 15.0. The third-order valence-corrected chi connectivity index (χ3v) is 16.4. The van der Waals surface area contributed by atoms with Crippen LogP contribution in [0.25, 0.3) is 0 Å². The van der Waals surface area contributed by atoms with Crippen molar-refractivity contribution in [3.8, 4) is 0 Å². The second-order valence-corrected chi connectivity index (χ2v) is 14.9.